The SMILES string of the molecule is C=C(C(=O)OCC)C(C)CCCCCCCCC. The topological polar surface area (TPSA) is 26.3 Å². The van der Waals surface area contributed by atoms with Gasteiger partial charge in [-0.25, -0.2) is 4.79 Å². The zero-order chi connectivity index (χ0) is 13.8. The third kappa shape index (κ3) is 8.32. The van der Waals surface area contributed by atoms with Crippen LogP contribution in [0.2, 0.25) is 0 Å². The maximum absolute atomic E-state index is 11.5. The molecule has 0 amide bonds. The van der Waals surface area contributed by atoms with E-state index in [1.54, 1.807) is 0 Å². The van der Waals surface area contributed by atoms with Gasteiger partial charge in [0.05, 0.1) is 6.61 Å². The van der Waals surface area contributed by atoms with Gasteiger partial charge in [-0.05, 0) is 19.3 Å². The van der Waals surface area contributed by atoms with Crippen LogP contribution < -0.4 is 0 Å². The molecule has 0 aromatic rings. The van der Waals surface area contributed by atoms with E-state index in [-0.39, 0.29) is 11.9 Å². The molecule has 0 N–H and O–H groups in total. The Labute approximate surface area is 113 Å². The Morgan fingerprint density at radius 3 is 2.17 bits per heavy atom. The molecule has 0 radical (unpaired) electrons. The highest BCUT2D eigenvalue weighted by atomic mass is 16.5. The minimum atomic E-state index is -0.229. The standard InChI is InChI=1S/C16H30O2/c1-5-7-8-9-10-11-12-13-14(3)15(4)16(17)18-6-2/h14H,4-13H2,1-3H3. The number of ether oxygens (including phenoxy) is 1. The first kappa shape index (κ1) is 17.2. The third-order valence-electron chi connectivity index (χ3n) is 3.37. The van der Waals surface area contributed by atoms with Gasteiger partial charge in [0.15, 0.2) is 0 Å². The lowest BCUT2D eigenvalue weighted by Crippen LogP contribution is -2.13. The molecule has 0 saturated heterocycles. The Morgan fingerprint density at radius 2 is 1.61 bits per heavy atom. The Kier molecular flexibility index (Phi) is 10.8. The van der Waals surface area contributed by atoms with Crippen LogP contribution in [0.3, 0.4) is 0 Å². The number of esters is 1. The molecule has 2 nitrogen and oxygen atoms in total. The lowest BCUT2D eigenvalue weighted by Gasteiger charge is -2.13. The summed E-state index contributed by atoms with van der Waals surface area (Å²) in [6, 6.07) is 0. The van der Waals surface area contributed by atoms with Gasteiger partial charge in [0.1, 0.15) is 0 Å². The first-order valence-electron chi connectivity index (χ1n) is 7.49. The maximum atomic E-state index is 11.5. The molecular formula is C16H30O2. The second kappa shape index (κ2) is 11.3. The van der Waals surface area contributed by atoms with Crippen molar-refractivity contribution in [3.8, 4) is 0 Å². The van der Waals surface area contributed by atoms with Gasteiger partial charge < -0.3 is 4.74 Å². The summed E-state index contributed by atoms with van der Waals surface area (Å²) in [4.78, 5) is 11.5. The van der Waals surface area contributed by atoms with Crippen molar-refractivity contribution in [2.75, 3.05) is 6.61 Å². The summed E-state index contributed by atoms with van der Waals surface area (Å²) in [5.74, 6) is 0.0210. The Hall–Kier alpha value is -0.790. The number of rotatable bonds is 11. The van der Waals surface area contributed by atoms with Gasteiger partial charge in [0, 0.05) is 5.57 Å². The highest BCUT2D eigenvalue weighted by Gasteiger charge is 2.14. The molecule has 1 unspecified atom stereocenters. The van der Waals surface area contributed by atoms with Gasteiger partial charge in [0.2, 0.25) is 0 Å². The highest BCUT2D eigenvalue weighted by Crippen LogP contribution is 2.18. The second-order valence-electron chi connectivity index (χ2n) is 5.06. The van der Waals surface area contributed by atoms with Crippen LogP contribution in [0, 0.1) is 5.92 Å². The molecule has 2 heteroatoms. The fraction of sp³-hybridized carbons (Fsp3) is 0.812. The van der Waals surface area contributed by atoms with Crippen LogP contribution in [0.25, 0.3) is 0 Å². The van der Waals surface area contributed by atoms with Crippen LogP contribution in [0.4, 0.5) is 0 Å². The van der Waals surface area contributed by atoms with E-state index in [1.165, 1.54) is 44.9 Å². The summed E-state index contributed by atoms with van der Waals surface area (Å²) in [6.07, 6.45) is 10.2. The van der Waals surface area contributed by atoms with Crippen LogP contribution in [0.1, 0.15) is 72.1 Å². The first-order valence-corrected chi connectivity index (χ1v) is 7.49. The molecule has 1 atom stereocenters. The molecule has 18 heavy (non-hydrogen) atoms. The summed E-state index contributed by atoms with van der Waals surface area (Å²) in [5.41, 5.74) is 0.628. The molecule has 106 valence electrons. The van der Waals surface area contributed by atoms with Crippen molar-refractivity contribution in [2.45, 2.75) is 72.1 Å². The van der Waals surface area contributed by atoms with E-state index in [9.17, 15) is 4.79 Å². The summed E-state index contributed by atoms with van der Waals surface area (Å²) >= 11 is 0. The van der Waals surface area contributed by atoms with Crippen molar-refractivity contribution in [1.82, 2.24) is 0 Å². The molecular weight excluding hydrogens is 224 g/mol. The molecule has 0 fully saturated rings. The van der Waals surface area contributed by atoms with E-state index in [1.807, 2.05) is 6.92 Å². The molecule has 0 aliphatic rings. The second-order valence-corrected chi connectivity index (χ2v) is 5.06. The summed E-state index contributed by atoms with van der Waals surface area (Å²) in [6.45, 7) is 10.4. The zero-order valence-electron chi connectivity index (χ0n) is 12.5. The van der Waals surface area contributed by atoms with Crippen molar-refractivity contribution in [2.24, 2.45) is 5.92 Å². The van der Waals surface area contributed by atoms with Crippen molar-refractivity contribution in [3.05, 3.63) is 12.2 Å². The van der Waals surface area contributed by atoms with Crippen LogP contribution in [-0.2, 0) is 9.53 Å². The van der Waals surface area contributed by atoms with Crippen LogP contribution >= 0.6 is 0 Å². The average Bonchev–Trinajstić information content (AvgIpc) is 2.36. The van der Waals surface area contributed by atoms with Gasteiger partial charge in [-0.2, -0.15) is 0 Å². The summed E-state index contributed by atoms with van der Waals surface area (Å²) in [7, 11) is 0. The number of hydrogen-bond donors (Lipinski definition) is 0. The predicted molar refractivity (Wildman–Crippen MR) is 77.5 cm³/mol. The molecule has 0 bridgehead atoms. The monoisotopic (exact) mass is 254 g/mol. The normalized spacial score (nSPS) is 12.2. The first-order chi connectivity index (χ1) is 8.63. The van der Waals surface area contributed by atoms with E-state index in [2.05, 4.69) is 20.4 Å². The van der Waals surface area contributed by atoms with Crippen LogP contribution in [-0.4, -0.2) is 12.6 Å². The number of unbranched alkanes of at least 4 members (excludes halogenated alkanes) is 6. The van der Waals surface area contributed by atoms with Crippen molar-refractivity contribution >= 4 is 5.97 Å². The average molecular weight is 254 g/mol. The van der Waals surface area contributed by atoms with E-state index in [0.29, 0.717) is 12.2 Å². The highest BCUT2D eigenvalue weighted by molar-refractivity contribution is 5.88. The number of carbonyl (C=O) groups excluding carboxylic acids is 1. The Bertz CT molecular complexity index is 233. The fourth-order valence-electron chi connectivity index (χ4n) is 2.01. The summed E-state index contributed by atoms with van der Waals surface area (Å²) < 4.78 is 4.96. The third-order valence-corrected chi connectivity index (χ3v) is 3.37. The van der Waals surface area contributed by atoms with Crippen molar-refractivity contribution < 1.29 is 9.53 Å². The van der Waals surface area contributed by atoms with E-state index in [4.69, 9.17) is 4.74 Å². The van der Waals surface area contributed by atoms with Gasteiger partial charge in [-0.1, -0.05) is 65.4 Å². The van der Waals surface area contributed by atoms with Gasteiger partial charge in [-0.3, -0.25) is 0 Å². The molecule has 0 aliphatic heterocycles. The molecule has 0 aromatic heterocycles. The lowest BCUT2D eigenvalue weighted by atomic mass is 9.95. The molecule has 0 aliphatic carbocycles. The minimum absolute atomic E-state index is 0.229. The molecule has 0 heterocycles. The largest absolute Gasteiger partial charge is 0.463 e. The molecule has 0 saturated carbocycles. The molecule has 0 aromatic carbocycles. The van der Waals surface area contributed by atoms with Gasteiger partial charge in [-0.15, -0.1) is 0 Å². The van der Waals surface area contributed by atoms with Crippen LogP contribution in [0.5, 0.6) is 0 Å². The lowest BCUT2D eigenvalue weighted by molar-refractivity contribution is -0.139. The van der Waals surface area contributed by atoms with Gasteiger partial charge in [0.25, 0.3) is 0 Å². The maximum Gasteiger partial charge on any atom is 0.333 e. The van der Waals surface area contributed by atoms with E-state index < -0.39 is 0 Å². The minimum Gasteiger partial charge on any atom is -0.463 e. The Morgan fingerprint density at radius 1 is 1.06 bits per heavy atom. The van der Waals surface area contributed by atoms with Crippen molar-refractivity contribution in [1.29, 1.82) is 0 Å². The number of carbonyl (C=O) groups is 1. The molecule has 0 spiro atoms. The fourth-order valence-corrected chi connectivity index (χ4v) is 2.01. The molecule has 0 rings (SSSR count). The van der Waals surface area contributed by atoms with Gasteiger partial charge >= 0.3 is 5.97 Å². The quantitative estimate of drug-likeness (QED) is 0.298. The predicted octanol–water partition coefficient (Wildman–Crippen LogP) is 4.88. The smallest absolute Gasteiger partial charge is 0.333 e. The number of hydrogen-bond acceptors (Lipinski definition) is 2. The summed E-state index contributed by atoms with van der Waals surface area (Å²) in [5, 5.41) is 0. The van der Waals surface area contributed by atoms with Crippen molar-refractivity contribution in [3.63, 3.8) is 0 Å². The van der Waals surface area contributed by atoms with Crippen LogP contribution in [0.15, 0.2) is 12.2 Å². The Balaban J connectivity index is 3.55. The zero-order valence-corrected chi connectivity index (χ0v) is 12.5. The van der Waals surface area contributed by atoms with E-state index in [0.717, 1.165) is 6.42 Å². The van der Waals surface area contributed by atoms with E-state index >= 15 is 0 Å².